The molecule has 1 fully saturated rings. The summed E-state index contributed by atoms with van der Waals surface area (Å²) in [5, 5.41) is 3.69. The Balaban J connectivity index is 1.41. The van der Waals surface area contributed by atoms with Gasteiger partial charge in [-0.3, -0.25) is 4.79 Å². The summed E-state index contributed by atoms with van der Waals surface area (Å²) in [6.07, 6.45) is 3.14. The lowest BCUT2D eigenvalue weighted by Gasteiger charge is -2.20. The number of ether oxygens (including phenoxy) is 1. The number of sulfonamides is 1. The Morgan fingerprint density at radius 2 is 1.71 bits per heavy atom. The molecule has 1 aliphatic rings. The van der Waals surface area contributed by atoms with Crippen LogP contribution in [0, 0.1) is 0 Å². The van der Waals surface area contributed by atoms with Crippen LogP contribution in [0.5, 0.6) is 5.75 Å². The zero-order chi connectivity index (χ0) is 24.0. The van der Waals surface area contributed by atoms with Gasteiger partial charge >= 0.3 is 0 Å². The van der Waals surface area contributed by atoms with Crippen LogP contribution in [0.4, 0.5) is 0 Å². The minimum atomic E-state index is -3.50. The molecular weight excluding hydrogens is 470 g/mol. The maximum Gasteiger partial charge on any atom is 0.244 e. The second-order valence-electron chi connectivity index (χ2n) is 7.92. The van der Waals surface area contributed by atoms with Crippen LogP contribution < -0.4 is 10.1 Å². The minimum Gasteiger partial charge on any atom is -0.497 e. The molecule has 1 aliphatic heterocycles. The van der Waals surface area contributed by atoms with Crippen LogP contribution in [-0.2, 0) is 14.8 Å². The number of carbonyl (C=O) groups is 1. The van der Waals surface area contributed by atoms with Crippen LogP contribution in [0.1, 0.15) is 30.0 Å². The standard InChI is InChI=1S/C25H27N3O4S2/c1-32-21-11-9-20(10-12-21)25(19-7-3-2-4-8-19)27-23(29)18-33-24-14-13-22(17-26-24)34(30,31)28-15-5-6-16-28/h2-4,7-14,17,25H,5-6,15-16,18H2,1H3,(H,27,29)/t25-/m0/s1. The predicted molar refractivity (Wildman–Crippen MR) is 132 cm³/mol. The molecule has 0 aliphatic carbocycles. The number of nitrogens with one attached hydrogen (secondary N) is 1. The van der Waals surface area contributed by atoms with Gasteiger partial charge in [0.2, 0.25) is 15.9 Å². The topological polar surface area (TPSA) is 88.6 Å². The van der Waals surface area contributed by atoms with E-state index in [1.807, 2.05) is 54.6 Å². The van der Waals surface area contributed by atoms with Gasteiger partial charge in [0.1, 0.15) is 10.6 Å². The Hall–Kier alpha value is -2.88. The van der Waals surface area contributed by atoms with Gasteiger partial charge in [-0.2, -0.15) is 4.31 Å². The van der Waals surface area contributed by atoms with E-state index in [2.05, 4.69) is 10.3 Å². The Bertz CT molecular complexity index is 1200. The van der Waals surface area contributed by atoms with Crippen molar-refractivity contribution in [3.05, 3.63) is 84.1 Å². The first-order valence-electron chi connectivity index (χ1n) is 11.0. The van der Waals surface area contributed by atoms with Gasteiger partial charge in [-0.05, 0) is 48.2 Å². The summed E-state index contributed by atoms with van der Waals surface area (Å²) in [7, 11) is -1.88. The van der Waals surface area contributed by atoms with Crippen LogP contribution in [0.3, 0.4) is 0 Å². The number of nitrogens with zero attached hydrogens (tertiary/aromatic N) is 2. The van der Waals surface area contributed by atoms with E-state index in [-0.39, 0.29) is 22.6 Å². The van der Waals surface area contributed by atoms with Crippen molar-refractivity contribution in [2.24, 2.45) is 0 Å². The molecule has 7 nitrogen and oxygen atoms in total. The average Bonchev–Trinajstić information content (AvgIpc) is 3.43. The second-order valence-corrected chi connectivity index (χ2v) is 10.8. The first-order chi connectivity index (χ1) is 16.5. The number of thioether (sulfide) groups is 1. The number of methoxy groups -OCH3 is 1. The van der Waals surface area contributed by atoms with Crippen molar-refractivity contribution in [2.75, 3.05) is 26.0 Å². The first-order valence-corrected chi connectivity index (χ1v) is 13.5. The van der Waals surface area contributed by atoms with E-state index in [0.29, 0.717) is 18.1 Å². The lowest BCUT2D eigenvalue weighted by molar-refractivity contribution is -0.119. The molecular formula is C25H27N3O4S2. The lowest BCUT2D eigenvalue weighted by atomic mass is 9.98. The monoisotopic (exact) mass is 497 g/mol. The molecule has 1 aromatic heterocycles. The normalized spacial score (nSPS) is 15.1. The number of pyridine rings is 1. The van der Waals surface area contributed by atoms with Crippen molar-refractivity contribution in [2.45, 2.75) is 28.8 Å². The molecule has 0 spiro atoms. The number of carbonyl (C=O) groups excluding carboxylic acids is 1. The van der Waals surface area contributed by atoms with Gasteiger partial charge in [-0.1, -0.05) is 54.2 Å². The van der Waals surface area contributed by atoms with E-state index in [1.54, 1.807) is 19.2 Å². The zero-order valence-electron chi connectivity index (χ0n) is 18.9. The van der Waals surface area contributed by atoms with Gasteiger partial charge in [0.05, 0.1) is 23.9 Å². The molecule has 1 atom stereocenters. The van der Waals surface area contributed by atoms with E-state index < -0.39 is 10.0 Å². The van der Waals surface area contributed by atoms with Gasteiger partial charge in [0, 0.05) is 19.3 Å². The van der Waals surface area contributed by atoms with Crippen molar-refractivity contribution < 1.29 is 17.9 Å². The third-order valence-corrected chi connectivity index (χ3v) is 8.48. The summed E-state index contributed by atoms with van der Waals surface area (Å²) in [4.78, 5) is 17.3. The van der Waals surface area contributed by atoms with E-state index >= 15 is 0 Å². The second kappa shape index (κ2) is 11.0. The van der Waals surface area contributed by atoms with Gasteiger partial charge in [-0.15, -0.1) is 0 Å². The molecule has 0 radical (unpaired) electrons. The van der Waals surface area contributed by atoms with Gasteiger partial charge in [-0.25, -0.2) is 13.4 Å². The van der Waals surface area contributed by atoms with Crippen LogP contribution in [0.15, 0.2) is 82.8 Å². The quantitative estimate of drug-likeness (QED) is 0.452. The number of rotatable bonds is 9. The predicted octanol–water partition coefficient (Wildman–Crippen LogP) is 3.87. The van der Waals surface area contributed by atoms with Gasteiger partial charge < -0.3 is 10.1 Å². The summed E-state index contributed by atoms with van der Waals surface area (Å²) < 4.78 is 32.0. The molecule has 34 heavy (non-hydrogen) atoms. The molecule has 2 aromatic carbocycles. The molecule has 0 unspecified atom stereocenters. The highest BCUT2D eigenvalue weighted by Gasteiger charge is 2.27. The Labute approximate surface area is 204 Å². The van der Waals surface area contributed by atoms with E-state index in [0.717, 1.165) is 29.7 Å². The summed E-state index contributed by atoms with van der Waals surface area (Å²) >= 11 is 1.27. The van der Waals surface area contributed by atoms with Gasteiger partial charge in [0.25, 0.3) is 0 Å². The van der Waals surface area contributed by atoms with Gasteiger partial charge in [0.15, 0.2) is 0 Å². The highest BCUT2D eigenvalue weighted by Crippen LogP contribution is 2.26. The highest BCUT2D eigenvalue weighted by molar-refractivity contribution is 7.99. The number of aromatic nitrogens is 1. The van der Waals surface area contributed by atoms with E-state index in [4.69, 9.17) is 4.74 Å². The molecule has 0 saturated carbocycles. The van der Waals surface area contributed by atoms with E-state index in [1.165, 1.54) is 22.3 Å². The van der Waals surface area contributed by atoms with Crippen molar-refractivity contribution in [1.29, 1.82) is 0 Å². The maximum absolute atomic E-state index is 12.8. The van der Waals surface area contributed by atoms with Crippen LogP contribution in [-0.4, -0.2) is 49.6 Å². The fourth-order valence-corrected chi connectivity index (χ4v) is 5.94. The molecule has 1 amide bonds. The number of hydrogen-bond donors (Lipinski definition) is 1. The summed E-state index contributed by atoms with van der Waals surface area (Å²) in [5.74, 6) is 0.758. The SMILES string of the molecule is COc1ccc([C@@H](NC(=O)CSc2ccc(S(=O)(=O)N3CCCC3)cn2)c2ccccc2)cc1. The van der Waals surface area contributed by atoms with E-state index in [9.17, 15) is 13.2 Å². The maximum atomic E-state index is 12.8. The molecule has 2 heterocycles. The minimum absolute atomic E-state index is 0.148. The zero-order valence-corrected chi connectivity index (χ0v) is 20.5. The molecule has 0 bridgehead atoms. The molecule has 4 rings (SSSR count). The summed E-state index contributed by atoms with van der Waals surface area (Å²) in [5.41, 5.74) is 1.92. The Kier molecular flexibility index (Phi) is 7.87. The first kappa shape index (κ1) is 24.3. The van der Waals surface area contributed by atoms with Crippen LogP contribution >= 0.6 is 11.8 Å². The van der Waals surface area contributed by atoms with Crippen molar-refractivity contribution in [3.8, 4) is 5.75 Å². The average molecular weight is 498 g/mol. The van der Waals surface area contributed by atoms with Crippen molar-refractivity contribution in [1.82, 2.24) is 14.6 Å². The molecule has 3 aromatic rings. The molecule has 1 saturated heterocycles. The van der Waals surface area contributed by atoms with Crippen molar-refractivity contribution in [3.63, 3.8) is 0 Å². The van der Waals surface area contributed by atoms with Crippen molar-refractivity contribution >= 4 is 27.7 Å². The number of benzene rings is 2. The molecule has 9 heteroatoms. The highest BCUT2D eigenvalue weighted by atomic mass is 32.2. The Morgan fingerprint density at radius 1 is 1.03 bits per heavy atom. The molecule has 1 N–H and O–H groups in total. The smallest absolute Gasteiger partial charge is 0.244 e. The molecule has 178 valence electrons. The lowest BCUT2D eigenvalue weighted by Crippen LogP contribution is -2.30. The number of hydrogen-bond acceptors (Lipinski definition) is 6. The Morgan fingerprint density at radius 3 is 2.32 bits per heavy atom. The third-order valence-electron chi connectivity index (χ3n) is 5.65. The largest absolute Gasteiger partial charge is 0.497 e. The third kappa shape index (κ3) is 5.78. The summed E-state index contributed by atoms with van der Waals surface area (Å²) in [6, 6.07) is 20.3. The number of amides is 1. The summed E-state index contributed by atoms with van der Waals surface area (Å²) in [6.45, 7) is 1.10. The fourth-order valence-electron chi connectivity index (χ4n) is 3.83. The van der Waals surface area contributed by atoms with Crippen LogP contribution in [0.2, 0.25) is 0 Å². The fraction of sp³-hybridized carbons (Fsp3) is 0.280. The van der Waals surface area contributed by atoms with Crippen LogP contribution in [0.25, 0.3) is 0 Å².